The molecule has 0 heterocycles. The standard InChI is InChI=1S/C19H28O2Si/c1-5-9-18(17(19(20)21-2)14-15-12-13-15)22(3,4)16-10-7-6-8-11-16/h5-11,15,17-18H,12-14H2,1-4H3/b9-5+/t17-,18-/m0/s1. The number of carbonyl (C=O) groups excluding carboxylic acids is 1. The quantitative estimate of drug-likeness (QED) is 0.429. The van der Waals surface area contributed by atoms with Crippen LogP contribution in [0.2, 0.25) is 18.6 Å². The molecule has 120 valence electrons. The summed E-state index contributed by atoms with van der Waals surface area (Å²) in [6.07, 6.45) is 7.87. The van der Waals surface area contributed by atoms with Gasteiger partial charge in [0, 0.05) is 0 Å². The van der Waals surface area contributed by atoms with E-state index < -0.39 is 8.07 Å². The van der Waals surface area contributed by atoms with Crippen molar-refractivity contribution in [2.75, 3.05) is 7.11 Å². The van der Waals surface area contributed by atoms with Gasteiger partial charge in [-0.05, 0) is 24.8 Å². The molecule has 1 aromatic rings. The van der Waals surface area contributed by atoms with Crippen molar-refractivity contribution in [3.8, 4) is 0 Å². The number of hydrogen-bond acceptors (Lipinski definition) is 2. The predicted molar refractivity (Wildman–Crippen MR) is 95.0 cm³/mol. The summed E-state index contributed by atoms with van der Waals surface area (Å²) < 4.78 is 5.15. The van der Waals surface area contributed by atoms with Gasteiger partial charge in [-0.1, -0.05) is 73.6 Å². The lowest BCUT2D eigenvalue weighted by molar-refractivity contribution is -0.145. The molecule has 1 aliphatic rings. The Balaban J connectivity index is 2.34. The van der Waals surface area contributed by atoms with Crippen LogP contribution in [0.5, 0.6) is 0 Å². The maximum Gasteiger partial charge on any atom is 0.308 e. The third-order valence-corrected chi connectivity index (χ3v) is 9.06. The van der Waals surface area contributed by atoms with Gasteiger partial charge in [0.05, 0.1) is 21.1 Å². The fourth-order valence-corrected chi connectivity index (χ4v) is 6.79. The topological polar surface area (TPSA) is 26.3 Å². The number of benzene rings is 1. The number of methoxy groups -OCH3 is 1. The molecule has 0 amide bonds. The fraction of sp³-hybridized carbons (Fsp3) is 0.526. The number of ether oxygens (including phenoxy) is 1. The van der Waals surface area contributed by atoms with Gasteiger partial charge in [0.2, 0.25) is 0 Å². The van der Waals surface area contributed by atoms with Gasteiger partial charge in [-0.25, -0.2) is 0 Å². The lowest BCUT2D eigenvalue weighted by atomic mass is 9.97. The van der Waals surface area contributed by atoms with Crippen molar-refractivity contribution in [3.63, 3.8) is 0 Å². The largest absolute Gasteiger partial charge is 0.469 e. The summed E-state index contributed by atoms with van der Waals surface area (Å²) in [5.74, 6) is 0.680. The molecule has 1 aliphatic carbocycles. The molecule has 0 saturated heterocycles. The molecule has 3 heteroatoms. The van der Waals surface area contributed by atoms with Crippen LogP contribution in [0, 0.1) is 11.8 Å². The molecule has 2 nitrogen and oxygen atoms in total. The number of hydrogen-bond donors (Lipinski definition) is 0. The van der Waals surface area contributed by atoms with Gasteiger partial charge < -0.3 is 4.74 Å². The van der Waals surface area contributed by atoms with Crippen LogP contribution in [0.15, 0.2) is 42.5 Å². The first-order chi connectivity index (χ1) is 10.5. The van der Waals surface area contributed by atoms with Crippen LogP contribution in [0.4, 0.5) is 0 Å². The molecule has 1 saturated carbocycles. The molecule has 2 atom stereocenters. The van der Waals surface area contributed by atoms with Gasteiger partial charge in [0.1, 0.15) is 0 Å². The van der Waals surface area contributed by atoms with Gasteiger partial charge >= 0.3 is 5.97 Å². The smallest absolute Gasteiger partial charge is 0.308 e. The molecular formula is C19H28O2Si. The van der Waals surface area contributed by atoms with Crippen molar-refractivity contribution < 1.29 is 9.53 Å². The van der Waals surface area contributed by atoms with E-state index in [0.717, 1.165) is 12.3 Å². The Morgan fingerprint density at radius 3 is 2.45 bits per heavy atom. The van der Waals surface area contributed by atoms with Crippen LogP contribution in [-0.4, -0.2) is 21.2 Å². The molecule has 0 bridgehead atoms. The highest BCUT2D eigenvalue weighted by Gasteiger charge is 2.43. The summed E-state index contributed by atoms with van der Waals surface area (Å²) >= 11 is 0. The summed E-state index contributed by atoms with van der Waals surface area (Å²) in [4.78, 5) is 12.4. The van der Waals surface area contributed by atoms with Crippen LogP contribution in [0.1, 0.15) is 26.2 Å². The Kier molecular flexibility index (Phi) is 5.62. The van der Waals surface area contributed by atoms with Crippen LogP contribution < -0.4 is 5.19 Å². The minimum atomic E-state index is -1.80. The lowest BCUT2D eigenvalue weighted by Crippen LogP contribution is -2.49. The molecule has 0 aromatic heterocycles. The zero-order chi connectivity index (χ0) is 16.2. The van der Waals surface area contributed by atoms with Crippen molar-refractivity contribution >= 4 is 19.2 Å². The minimum Gasteiger partial charge on any atom is -0.469 e. The van der Waals surface area contributed by atoms with E-state index >= 15 is 0 Å². The average molecular weight is 317 g/mol. The normalized spacial score (nSPS) is 18.2. The Morgan fingerprint density at radius 2 is 1.95 bits per heavy atom. The second kappa shape index (κ2) is 7.27. The number of rotatable bonds is 7. The van der Waals surface area contributed by atoms with Gasteiger partial charge in [0.15, 0.2) is 0 Å². The van der Waals surface area contributed by atoms with Crippen LogP contribution in [0.3, 0.4) is 0 Å². The Morgan fingerprint density at radius 1 is 1.32 bits per heavy atom. The SMILES string of the molecule is C/C=C/[C@@H]([C@H](CC1CC1)C(=O)OC)[Si](C)(C)c1ccccc1. The van der Waals surface area contributed by atoms with E-state index in [1.807, 2.05) is 6.92 Å². The Labute approximate surface area is 135 Å². The van der Waals surface area contributed by atoms with Gasteiger partial charge in [-0.3, -0.25) is 4.79 Å². The summed E-state index contributed by atoms with van der Waals surface area (Å²) in [7, 11) is -0.279. The first kappa shape index (κ1) is 17.0. The number of carbonyl (C=O) groups is 1. The van der Waals surface area contributed by atoms with Crippen LogP contribution >= 0.6 is 0 Å². The zero-order valence-corrected chi connectivity index (χ0v) is 15.2. The first-order valence-corrected chi connectivity index (χ1v) is 11.3. The summed E-state index contributed by atoms with van der Waals surface area (Å²) in [6, 6.07) is 10.7. The van der Waals surface area contributed by atoms with E-state index in [-0.39, 0.29) is 17.4 Å². The molecule has 1 fully saturated rings. The van der Waals surface area contributed by atoms with E-state index in [1.165, 1.54) is 25.1 Å². The Bertz CT molecular complexity index is 517. The second-order valence-electron chi connectivity index (χ2n) is 6.95. The predicted octanol–water partition coefficient (Wildman–Crippen LogP) is 4.14. The molecule has 0 radical (unpaired) electrons. The van der Waals surface area contributed by atoms with E-state index in [2.05, 4.69) is 55.6 Å². The van der Waals surface area contributed by atoms with E-state index in [9.17, 15) is 4.79 Å². The van der Waals surface area contributed by atoms with Gasteiger partial charge in [-0.2, -0.15) is 0 Å². The summed E-state index contributed by atoms with van der Waals surface area (Å²) in [5.41, 5.74) is 0.285. The molecule has 0 aliphatic heterocycles. The number of allylic oxidation sites excluding steroid dienone is 2. The first-order valence-electron chi connectivity index (χ1n) is 8.26. The third-order valence-electron chi connectivity index (χ3n) is 4.97. The summed E-state index contributed by atoms with van der Waals surface area (Å²) in [5, 5.41) is 1.41. The van der Waals surface area contributed by atoms with Crippen molar-refractivity contribution in [2.24, 2.45) is 11.8 Å². The minimum absolute atomic E-state index is 0.00410. The van der Waals surface area contributed by atoms with Crippen molar-refractivity contribution in [3.05, 3.63) is 42.5 Å². The van der Waals surface area contributed by atoms with E-state index in [4.69, 9.17) is 4.74 Å². The third kappa shape index (κ3) is 3.89. The molecule has 1 aromatic carbocycles. The molecule has 2 rings (SSSR count). The van der Waals surface area contributed by atoms with Crippen molar-refractivity contribution in [2.45, 2.75) is 44.8 Å². The Hall–Kier alpha value is -1.35. The molecular weight excluding hydrogens is 288 g/mol. The maximum absolute atomic E-state index is 12.4. The highest BCUT2D eigenvalue weighted by atomic mass is 28.3. The number of esters is 1. The average Bonchev–Trinajstić information content (AvgIpc) is 3.35. The van der Waals surface area contributed by atoms with Crippen LogP contribution in [-0.2, 0) is 9.53 Å². The van der Waals surface area contributed by atoms with Gasteiger partial charge in [-0.15, -0.1) is 0 Å². The lowest BCUT2D eigenvalue weighted by Gasteiger charge is -2.35. The summed E-state index contributed by atoms with van der Waals surface area (Å²) in [6.45, 7) is 6.79. The molecule has 0 spiro atoms. The van der Waals surface area contributed by atoms with Gasteiger partial charge in [0.25, 0.3) is 0 Å². The van der Waals surface area contributed by atoms with E-state index in [1.54, 1.807) is 0 Å². The highest BCUT2D eigenvalue weighted by Crippen LogP contribution is 2.43. The highest BCUT2D eigenvalue weighted by molar-refractivity contribution is 6.91. The molecule has 0 unspecified atom stereocenters. The fourth-order valence-electron chi connectivity index (χ4n) is 3.40. The van der Waals surface area contributed by atoms with E-state index in [0.29, 0.717) is 0 Å². The van der Waals surface area contributed by atoms with Crippen molar-refractivity contribution in [1.29, 1.82) is 0 Å². The maximum atomic E-state index is 12.4. The van der Waals surface area contributed by atoms with Crippen LogP contribution in [0.25, 0.3) is 0 Å². The molecule has 0 N–H and O–H groups in total. The zero-order valence-electron chi connectivity index (χ0n) is 14.2. The van der Waals surface area contributed by atoms with Crippen molar-refractivity contribution in [1.82, 2.24) is 0 Å². The second-order valence-corrected chi connectivity index (χ2v) is 11.6. The molecule has 22 heavy (non-hydrogen) atoms. The monoisotopic (exact) mass is 316 g/mol.